The van der Waals surface area contributed by atoms with Gasteiger partial charge in [-0.1, -0.05) is 0 Å². The van der Waals surface area contributed by atoms with Crippen molar-refractivity contribution in [3.05, 3.63) is 0 Å². The lowest BCUT2D eigenvalue weighted by Gasteiger charge is -2.50. The average molecular weight is 252 g/mol. The lowest BCUT2D eigenvalue weighted by Crippen LogP contribution is -2.49. The molecule has 16 heavy (non-hydrogen) atoms. The molecule has 1 N–H and O–H groups in total. The summed E-state index contributed by atoms with van der Waals surface area (Å²) in [6, 6.07) is 0. The minimum Gasteiger partial charge on any atom is -0.467 e. The number of rotatable bonds is 2. The van der Waals surface area contributed by atoms with Gasteiger partial charge in [-0.2, -0.15) is 0 Å². The molecule has 2 rings (SSSR count). The summed E-state index contributed by atoms with van der Waals surface area (Å²) in [5.41, 5.74) is 0.328. The molecule has 1 atom stereocenters. The fourth-order valence-electron chi connectivity index (χ4n) is 2.93. The van der Waals surface area contributed by atoms with Crippen LogP contribution in [-0.4, -0.2) is 32.3 Å². The number of alkyl halides is 1. The topological polar surface area (TPSA) is 38.3 Å². The first-order valence-corrected chi connectivity index (χ1v) is 5.59. The summed E-state index contributed by atoms with van der Waals surface area (Å²) in [6.07, 6.45) is 2.54. The molecule has 0 aromatic rings. The van der Waals surface area contributed by atoms with Gasteiger partial charge in [0, 0.05) is 5.92 Å². The number of ether oxygens (including phenoxy) is 1. The Labute approximate surface area is 102 Å². The monoisotopic (exact) mass is 251 g/mol. The van der Waals surface area contributed by atoms with Crippen molar-refractivity contribution in [1.29, 1.82) is 0 Å². The molecule has 0 amide bonds. The third kappa shape index (κ3) is 2.48. The molecule has 2 aliphatic rings. The predicted molar refractivity (Wildman–Crippen MR) is 61.4 cm³/mol. The highest BCUT2D eigenvalue weighted by molar-refractivity contribution is 5.85. The Balaban J connectivity index is 0.00000128. The number of hydrogen-bond donors (Lipinski definition) is 1. The minimum atomic E-state index is -1.41. The molecule has 1 saturated heterocycles. The molecule has 1 spiro atoms. The Morgan fingerprint density at radius 2 is 2.00 bits per heavy atom. The first-order chi connectivity index (χ1) is 7.17. The van der Waals surface area contributed by atoms with Crippen molar-refractivity contribution in [3.63, 3.8) is 0 Å². The Bertz CT molecular complexity index is 248. The molecule has 1 unspecified atom stereocenters. The van der Waals surface area contributed by atoms with Gasteiger partial charge in [0.05, 0.1) is 7.11 Å². The molecule has 0 aromatic heterocycles. The normalized spacial score (nSPS) is 25.4. The fourth-order valence-corrected chi connectivity index (χ4v) is 2.93. The summed E-state index contributed by atoms with van der Waals surface area (Å²) in [4.78, 5) is 11.0. The van der Waals surface area contributed by atoms with Crippen LogP contribution in [0, 0.1) is 11.3 Å². The number of methoxy groups -OCH3 is 1. The van der Waals surface area contributed by atoms with E-state index in [1.54, 1.807) is 0 Å². The highest BCUT2D eigenvalue weighted by Crippen LogP contribution is 2.53. The smallest absolute Gasteiger partial charge is 0.340 e. The van der Waals surface area contributed by atoms with Gasteiger partial charge in [0.15, 0.2) is 6.17 Å². The van der Waals surface area contributed by atoms with Crippen LogP contribution in [0.2, 0.25) is 0 Å². The van der Waals surface area contributed by atoms with Gasteiger partial charge < -0.3 is 10.1 Å². The second kappa shape index (κ2) is 5.32. The number of carbonyl (C=O) groups is 1. The predicted octanol–water partition coefficient (Wildman–Crippen LogP) is 1.70. The van der Waals surface area contributed by atoms with Gasteiger partial charge in [0.25, 0.3) is 0 Å². The van der Waals surface area contributed by atoms with E-state index in [4.69, 9.17) is 0 Å². The second-order valence-electron chi connectivity index (χ2n) is 4.84. The van der Waals surface area contributed by atoms with Crippen molar-refractivity contribution in [1.82, 2.24) is 5.32 Å². The summed E-state index contributed by atoms with van der Waals surface area (Å²) in [5, 5.41) is 3.30. The Hall–Kier alpha value is -0.350. The molecule has 1 aliphatic heterocycles. The maximum atomic E-state index is 13.5. The fraction of sp³-hybridized carbons (Fsp3) is 0.909. The van der Waals surface area contributed by atoms with Gasteiger partial charge in [-0.3, -0.25) is 0 Å². The minimum absolute atomic E-state index is 0. The van der Waals surface area contributed by atoms with Crippen LogP contribution in [0.5, 0.6) is 0 Å². The highest BCUT2D eigenvalue weighted by atomic mass is 35.5. The van der Waals surface area contributed by atoms with Gasteiger partial charge in [-0.15, -0.1) is 12.4 Å². The number of esters is 1. The number of nitrogens with one attached hydrogen (secondary N) is 1. The molecule has 2 fully saturated rings. The van der Waals surface area contributed by atoms with Crippen LogP contribution in [0.4, 0.5) is 4.39 Å². The summed E-state index contributed by atoms with van der Waals surface area (Å²) in [7, 11) is 1.24. The Morgan fingerprint density at radius 1 is 1.44 bits per heavy atom. The van der Waals surface area contributed by atoms with E-state index in [0.717, 1.165) is 38.8 Å². The number of halogens is 2. The van der Waals surface area contributed by atoms with Gasteiger partial charge in [-0.25, -0.2) is 9.18 Å². The van der Waals surface area contributed by atoms with E-state index in [9.17, 15) is 9.18 Å². The first kappa shape index (κ1) is 13.7. The zero-order chi connectivity index (χ0) is 10.9. The molecule has 3 nitrogen and oxygen atoms in total. The van der Waals surface area contributed by atoms with Gasteiger partial charge in [-0.05, 0) is 44.2 Å². The molecular weight excluding hydrogens is 233 g/mol. The summed E-state index contributed by atoms with van der Waals surface area (Å²) < 4.78 is 17.9. The molecular formula is C11H19ClFNO2. The molecule has 0 radical (unpaired) electrons. The Morgan fingerprint density at radius 3 is 2.50 bits per heavy atom. The largest absolute Gasteiger partial charge is 0.467 e. The van der Waals surface area contributed by atoms with Crippen LogP contribution in [-0.2, 0) is 9.53 Å². The standard InChI is InChI=1S/C11H18FNO2.ClH/c1-15-10(14)9(12)8-6-11(7-8)2-4-13-5-3-11;/h8-9,13H,2-7H2,1H3;1H. The van der Waals surface area contributed by atoms with E-state index in [1.807, 2.05) is 0 Å². The van der Waals surface area contributed by atoms with Crippen molar-refractivity contribution < 1.29 is 13.9 Å². The summed E-state index contributed by atoms with van der Waals surface area (Å²) in [5.74, 6) is -0.806. The average Bonchev–Trinajstić information content (AvgIpc) is 2.25. The lowest BCUT2D eigenvalue weighted by atomic mass is 9.56. The van der Waals surface area contributed by atoms with Crippen LogP contribution in [0.15, 0.2) is 0 Å². The van der Waals surface area contributed by atoms with Crippen molar-refractivity contribution in [2.24, 2.45) is 11.3 Å². The lowest BCUT2D eigenvalue weighted by molar-refractivity contribution is -0.153. The quantitative estimate of drug-likeness (QED) is 0.760. The maximum absolute atomic E-state index is 13.5. The van der Waals surface area contributed by atoms with E-state index in [0.29, 0.717) is 5.41 Å². The molecule has 1 aliphatic carbocycles. The highest BCUT2D eigenvalue weighted by Gasteiger charge is 2.49. The van der Waals surface area contributed by atoms with Gasteiger partial charge in [0.1, 0.15) is 0 Å². The molecule has 0 aromatic carbocycles. The number of carbonyl (C=O) groups excluding carboxylic acids is 1. The van der Waals surface area contributed by atoms with Crippen LogP contribution in [0.1, 0.15) is 25.7 Å². The van der Waals surface area contributed by atoms with E-state index in [2.05, 4.69) is 10.1 Å². The van der Waals surface area contributed by atoms with Crippen LogP contribution in [0.3, 0.4) is 0 Å². The third-order valence-corrected chi connectivity index (χ3v) is 3.89. The second-order valence-corrected chi connectivity index (χ2v) is 4.84. The summed E-state index contributed by atoms with van der Waals surface area (Å²) in [6.45, 7) is 2.06. The van der Waals surface area contributed by atoms with Crippen molar-refractivity contribution in [2.75, 3.05) is 20.2 Å². The van der Waals surface area contributed by atoms with Crippen LogP contribution < -0.4 is 5.32 Å². The number of piperidine rings is 1. The summed E-state index contributed by atoms with van der Waals surface area (Å²) >= 11 is 0. The zero-order valence-corrected chi connectivity index (χ0v) is 10.3. The SMILES string of the molecule is COC(=O)C(F)C1CC2(CCNCC2)C1.Cl. The van der Waals surface area contributed by atoms with Gasteiger partial charge in [0.2, 0.25) is 0 Å². The van der Waals surface area contributed by atoms with Crippen LogP contribution in [0.25, 0.3) is 0 Å². The van der Waals surface area contributed by atoms with E-state index < -0.39 is 12.1 Å². The van der Waals surface area contributed by atoms with Gasteiger partial charge >= 0.3 is 5.97 Å². The van der Waals surface area contributed by atoms with E-state index in [-0.39, 0.29) is 18.3 Å². The van der Waals surface area contributed by atoms with Crippen molar-refractivity contribution >= 4 is 18.4 Å². The van der Waals surface area contributed by atoms with E-state index >= 15 is 0 Å². The first-order valence-electron chi connectivity index (χ1n) is 5.59. The third-order valence-electron chi connectivity index (χ3n) is 3.89. The molecule has 94 valence electrons. The van der Waals surface area contributed by atoms with Crippen molar-refractivity contribution in [2.45, 2.75) is 31.9 Å². The Kier molecular flexibility index (Phi) is 4.56. The maximum Gasteiger partial charge on any atom is 0.340 e. The molecule has 1 heterocycles. The van der Waals surface area contributed by atoms with Crippen LogP contribution >= 0.6 is 12.4 Å². The molecule has 5 heteroatoms. The molecule has 1 saturated carbocycles. The number of hydrogen-bond acceptors (Lipinski definition) is 3. The molecule has 0 bridgehead atoms. The van der Waals surface area contributed by atoms with Crippen molar-refractivity contribution in [3.8, 4) is 0 Å². The van der Waals surface area contributed by atoms with E-state index in [1.165, 1.54) is 7.11 Å². The zero-order valence-electron chi connectivity index (χ0n) is 9.50.